The third kappa shape index (κ3) is 25.7. The number of amides is 4. The summed E-state index contributed by atoms with van der Waals surface area (Å²) in [7, 11) is -12.4. The van der Waals surface area contributed by atoms with E-state index >= 15 is 0 Å². The fourth-order valence-corrected chi connectivity index (χ4v) is 11.0. The van der Waals surface area contributed by atoms with Crippen LogP contribution >= 0.6 is 45.1 Å². The number of aliphatic hydroxyl groups excluding tert-OH is 1. The van der Waals surface area contributed by atoms with E-state index < -0.39 is 120 Å². The summed E-state index contributed by atoms with van der Waals surface area (Å²) in [5.74, 6) is -0.918. The molecule has 6 unspecified atom stereocenters. The highest BCUT2D eigenvalue weighted by Crippen LogP contribution is 2.66. The van der Waals surface area contributed by atoms with Crippen LogP contribution in [-0.2, 0) is 65.1 Å². The summed E-state index contributed by atoms with van der Waals surface area (Å²) in [6.45, 7) is -0.887. The highest BCUT2D eigenvalue weighted by molar-refractivity contribution is 8.76. The first-order chi connectivity index (χ1) is 33.1. The lowest BCUT2D eigenvalue weighted by Gasteiger charge is -2.19. The van der Waals surface area contributed by atoms with Crippen LogP contribution in [0.4, 0.5) is 0 Å². The van der Waals surface area contributed by atoms with Crippen LogP contribution in [0.5, 0.6) is 0 Å². The SMILES string of the molecule is CNC(CCCSSCCC(=O)NCC#Cc1cn([C@H]2CC(O)[C@@H](COP(=O)(O)OP(=O)(O)OP(=O)(O)O)O2)c(=O)[nH]c1=O)C(=O)NCCCCCC(=O)NC(CC(=O)O)C(=O)NC(CC(=O)O)C(=O)O. The van der Waals surface area contributed by atoms with Crippen molar-refractivity contribution in [1.29, 1.82) is 0 Å². The van der Waals surface area contributed by atoms with Gasteiger partial charge in [0.15, 0.2) is 0 Å². The van der Waals surface area contributed by atoms with Crippen LogP contribution in [0.2, 0.25) is 0 Å². The van der Waals surface area contributed by atoms with Crippen molar-refractivity contribution >= 4 is 86.6 Å². The Hall–Kier alpha value is -4.48. The van der Waals surface area contributed by atoms with Crippen LogP contribution in [-0.4, -0.2) is 160 Å². The Balaban J connectivity index is 1.67. The molecule has 1 fully saturated rings. The maximum Gasteiger partial charge on any atom is 0.490 e. The van der Waals surface area contributed by atoms with Gasteiger partial charge >= 0.3 is 47.1 Å². The lowest BCUT2D eigenvalue weighted by molar-refractivity contribution is -0.148. The zero-order chi connectivity index (χ0) is 53.5. The molecule has 1 aliphatic rings. The van der Waals surface area contributed by atoms with Crippen LogP contribution in [0.3, 0.4) is 0 Å². The normalized spacial score (nSPS) is 18.5. The number of aromatic amines is 1. The Morgan fingerprint density at radius 1 is 0.831 bits per heavy atom. The van der Waals surface area contributed by atoms with E-state index in [0.29, 0.717) is 50.2 Å². The van der Waals surface area contributed by atoms with Gasteiger partial charge in [0.25, 0.3) is 5.56 Å². The van der Waals surface area contributed by atoms with E-state index in [4.69, 9.17) is 29.8 Å². The van der Waals surface area contributed by atoms with Crippen LogP contribution in [0.25, 0.3) is 0 Å². The predicted octanol–water partition coefficient (Wildman–Crippen LogP) is -2.18. The number of likely N-dealkylation sites (N-methyl/N-ethyl adjacent to an activating group) is 1. The third-order valence-corrected chi connectivity index (χ3v) is 15.5. The lowest BCUT2D eigenvalue weighted by Crippen LogP contribution is -2.52. The average molecular weight is 1110 g/mol. The number of hydrogen-bond donors (Lipinski definition) is 14. The molecule has 0 saturated carbocycles. The summed E-state index contributed by atoms with van der Waals surface area (Å²) in [6.07, 6.45) is -2.94. The number of aromatic nitrogens is 2. The summed E-state index contributed by atoms with van der Waals surface area (Å²) in [4.78, 5) is 146. The number of aliphatic hydroxyl groups is 1. The number of nitrogens with one attached hydrogen (secondary N) is 6. The molecule has 1 aromatic heterocycles. The molecular formula is C35H54N7O24P3S2. The van der Waals surface area contributed by atoms with Gasteiger partial charge in [-0.3, -0.25) is 47.6 Å². The van der Waals surface area contributed by atoms with Crippen LogP contribution in [0.1, 0.15) is 76.0 Å². The fraction of sp³-hybridized carbons (Fsp3) is 0.629. The smallest absolute Gasteiger partial charge is 0.481 e. The predicted molar refractivity (Wildman–Crippen MR) is 245 cm³/mol. The molecule has 14 N–H and O–H groups in total. The first-order valence-corrected chi connectivity index (χ1v) is 27.8. The number of carbonyl (C=O) groups excluding carboxylic acids is 4. The van der Waals surface area contributed by atoms with Crippen molar-refractivity contribution in [3.8, 4) is 11.8 Å². The van der Waals surface area contributed by atoms with E-state index in [1.54, 1.807) is 7.05 Å². The number of aliphatic carboxylic acids is 3. The average Bonchev–Trinajstić information content (AvgIpc) is 3.61. The molecule has 71 heavy (non-hydrogen) atoms. The number of phosphoric ester groups is 1. The summed E-state index contributed by atoms with van der Waals surface area (Å²) in [5, 5.41) is 49.9. The van der Waals surface area contributed by atoms with Crippen molar-refractivity contribution in [2.45, 2.75) is 101 Å². The summed E-state index contributed by atoms with van der Waals surface area (Å²) >= 11 is 0. The minimum Gasteiger partial charge on any atom is -0.481 e. The summed E-state index contributed by atoms with van der Waals surface area (Å²) in [6, 6.07) is -3.97. The number of phosphoric acid groups is 3. The Kier molecular flexibility index (Phi) is 26.9. The van der Waals surface area contributed by atoms with Gasteiger partial charge < -0.3 is 71.3 Å². The maximum atomic E-state index is 12.7. The van der Waals surface area contributed by atoms with Gasteiger partial charge in [-0.1, -0.05) is 39.8 Å². The minimum absolute atomic E-state index is 0.109. The Morgan fingerprint density at radius 3 is 2.13 bits per heavy atom. The van der Waals surface area contributed by atoms with Gasteiger partial charge in [-0.05, 0) is 32.7 Å². The lowest BCUT2D eigenvalue weighted by atomic mass is 10.1. The standard InChI is InChI=1S/C35H54N7O24P3S2/c1-36-21(32(51)38-11-4-2-3-9-27(45)39-22(15-29(46)47)33(52)40-23(34(53)54)16-30(48)49)8-6-13-70-71-14-10-26(44)37-12-5-7-20-18-42(35(55)41-31(20)50)28-17-24(43)25(64-28)19-63-68(59,60)66-69(61,62)65-67(56,57)58/h18,21-25,28,36,43H,2-4,6,8-17,19H2,1H3,(H,37,44)(H,38,51)(H,39,45)(H,40,52)(H,46,47)(H,48,49)(H,53,54)(H,59,60)(H,61,62)(H,41,50,55)(H2,56,57,58)/t21?,22?,23?,24?,25-,28-/m1/s1. The van der Waals surface area contributed by atoms with E-state index in [1.807, 2.05) is 10.3 Å². The van der Waals surface area contributed by atoms with Gasteiger partial charge in [-0.25, -0.2) is 23.3 Å². The Labute approximate surface area is 410 Å². The second-order valence-electron chi connectivity index (χ2n) is 14.8. The molecule has 31 nitrogen and oxygen atoms in total. The van der Waals surface area contributed by atoms with E-state index in [-0.39, 0.29) is 43.2 Å². The molecule has 400 valence electrons. The highest BCUT2D eigenvalue weighted by Gasteiger charge is 2.43. The maximum absolute atomic E-state index is 12.7. The number of carboxylic acids is 3. The second-order valence-corrected chi connectivity index (χ2v) is 21.9. The Bertz CT molecular complexity index is 2380. The molecule has 0 radical (unpaired) electrons. The number of hydrogen-bond acceptors (Lipinski definition) is 20. The number of unbranched alkanes of at least 4 members (excludes halogenated alkanes) is 2. The van der Waals surface area contributed by atoms with E-state index in [0.717, 1.165) is 10.8 Å². The molecule has 1 aliphatic heterocycles. The molecule has 0 aromatic carbocycles. The molecule has 36 heteroatoms. The first kappa shape index (κ1) is 62.6. The second kappa shape index (κ2) is 30.5. The first-order valence-electron chi connectivity index (χ1n) is 20.8. The zero-order valence-corrected chi connectivity index (χ0v) is 41.7. The van der Waals surface area contributed by atoms with Crippen LogP contribution < -0.4 is 37.8 Å². The van der Waals surface area contributed by atoms with E-state index in [1.165, 1.54) is 21.6 Å². The molecule has 8 atom stereocenters. The molecule has 2 heterocycles. The van der Waals surface area contributed by atoms with Gasteiger partial charge in [0, 0.05) is 43.5 Å². The van der Waals surface area contributed by atoms with E-state index in [2.05, 4.69) is 46.3 Å². The van der Waals surface area contributed by atoms with Crippen molar-refractivity contribution in [1.82, 2.24) is 36.1 Å². The molecule has 0 aliphatic carbocycles. The minimum atomic E-state index is -5.80. The topological polar surface area (TPSA) is 484 Å². The zero-order valence-electron chi connectivity index (χ0n) is 37.4. The molecular weight excluding hydrogens is 1060 g/mol. The summed E-state index contributed by atoms with van der Waals surface area (Å²) in [5.41, 5.74) is -2.13. The monoisotopic (exact) mass is 1110 g/mol. The van der Waals surface area contributed by atoms with Crippen molar-refractivity contribution in [2.75, 3.05) is 38.2 Å². The molecule has 0 bridgehead atoms. The van der Waals surface area contributed by atoms with Crippen molar-refractivity contribution in [3.63, 3.8) is 0 Å². The number of H-pyrrole nitrogens is 1. The quantitative estimate of drug-likeness (QED) is 0.0154. The van der Waals surface area contributed by atoms with Crippen molar-refractivity contribution in [3.05, 3.63) is 32.6 Å². The molecule has 0 spiro atoms. The van der Waals surface area contributed by atoms with Crippen LogP contribution in [0.15, 0.2) is 15.8 Å². The van der Waals surface area contributed by atoms with Crippen molar-refractivity contribution < 1.29 is 105 Å². The summed E-state index contributed by atoms with van der Waals surface area (Å²) < 4.78 is 52.4. The number of carbonyl (C=O) groups is 7. The van der Waals surface area contributed by atoms with Crippen molar-refractivity contribution in [2.24, 2.45) is 0 Å². The fourth-order valence-electron chi connectivity index (χ4n) is 5.89. The number of ether oxygens (including phenoxy) is 1. The van der Waals surface area contributed by atoms with Gasteiger partial charge in [0.05, 0.1) is 38.1 Å². The molecule has 4 amide bonds. The number of carboxylic acid groups (broad SMARTS) is 3. The van der Waals surface area contributed by atoms with Crippen LogP contribution in [0, 0.1) is 11.8 Å². The third-order valence-electron chi connectivity index (χ3n) is 9.18. The molecule has 2 rings (SSSR count). The largest absolute Gasteiger partial charge is 0.490 e. The molecule has 1 saturated heterocycles. The number of nitrogens with zero attached hydrogens (tertiary/aromatic N) is 1. The number of rotatable bonds is 33. The highest BCUT2D eigenvalue weighted by atomic mass is 33.1. The van der Waals surface area contributed by atoms with Gasteiger partial charge in [-0.15, -0.1) is 0 Å². The molecule has 1 aromatic rings. The van der Waals surface area contributed by atoms with E-state index in [9.17, 15) is 71.7 Å². The Morgan fingerprint density at radius 2 is 1.49 bits per heavy atom. The van der Waals surface area contributed by atoms with Gasteiger partial charge in [0.2, 0.25) is 23.6 Å². The van der Waals surface area contributed by atoms with Gasteiger partial charge in [-0.2, -0.15) is 8.62 Å². The van der Waals surface area contributed by atoms with Gasteiger partial charge in [0.1, 0.15) is 30.0 Å².